The van der Waals surface area contributed by atoms with Gasteiger partial charge in [-0.1, -0.05) is 30.7 Å². The normalized spacial score (nSPS) is 12.4. The number of benzene rings is 2. The highest BCUT2D eigenvalue weighted by Gasteiger charge is 2.15. The van der Waals surface area contributed by atoms with Crippen LogP contribution in [0.3, 0.4) is 0 Å². The Morgan fingerprint density at radius 3 is 2.52 bits per heavy atom. The fraction of sp³-hybridized carbons (Fsp3) is 0.250. The number of rotatable bonds is 5. The van der Waals surface area contributed by atoms with Crippen LogP contribution in [0.25, 0.3) is 0 Å². The Bertz CT molecular complexity index is 634. The molecule has 1 unspecified atom stereocenters. The lowest BCUT2D eigenvalue weighted by Gasteiger charge is -2.19. The lowest BCUT2D eigenvalue weighted by Crippen LogP contribution is -2.23. The molecular formula is C16H15BrClF2N. The van der Waals surface area contributed by atoms with Crippen molar-refractivity contribution in [2.24, 2.45) is 0 Å². The van der Waals surface area contributed by atoms with Gasteiger partial charge in [0.05, 0.1) is 4.47 Å². The van der Waals surface area contributed by atoms with Crippen molar-refractivity contribution in [2.75, 3.05) is 6.54 Å². The summed E-state index contributed by atoms with van der Waals surface area (Å²) >= 11 is 8.95. The van der Waals surface area contributed by atoms with Gasteiger partial charge in [0.1, 0.15) is 11.6 Å². The molecule has 21 heavy (non-hydrogen) atoms. The molecule has 0 saturated heterocycles. The van der Waals surface area contributed by atoms with E-state index in [1.807, 2.05) is 6.92 Å². The van der Waals surface area contributed by atoms with Crippen LogP contribution in [-0.4, -0.2) is 6.54 Å². The molecule has 0 fully saturated rings. The summed E-state index contributed by atoms with van der Waals surface area (Å²) in [6.07, 6.45) is 0.467. The molecule has 0 amide bonds. The minimum absolute atomic E-state index is 0.0948. The molecule has 0 aromatic heterocycles. The van der Waals surface area contributed by atoms with Crippen LogP contribution < -0.4 is 5.32 Å². The smallest absolute Gasteiger partial charge is 0.137 e. The van der Waals surface area contributed by atoms with Crippen molar-refractivity contribution in [2.45, 2.75) is 19.4 Å². The molecule has 2 aromatic rings. The molecule has 0 bridgehead atoms. The predicted molar refractivity (Wildman–Crippen MR) is 85.6 cm³/mol. The van der Waals surface area contributed by atoms with E-state index in [-0.39, 0.29) is 17.7 Å². The van der Waals surface area contributed by atoms with Gasteiger partial charge in [0.2, 0.25) is 0 Å². The Balaban J connectivity index is 2.28. The van der Waals surface area contributed by atoms with E-state index in [1.165, 1.54) is 12.1 Å². The van der Waals surface area contributed by atoms with Gasteiger partial charge in [-0.15, -0.1) is 0 Å². The van der Waals surface area contributed by atoms with Gasteiger partial charge in [0, 0.05) is 11.1 Å². The SMILES string of the molecule is CCNC(Cc1ccc(Cl)cc1F)c1ccc(F)c(Br)c1. The Morgan fingerprint density at radius 2 is 1.90 bits per heavy atom. The zero-order valence-electron chi connectivity index (χ0n) is 11.5. The van der Waals surface area contributed by atoms with Gasteiger partial charge in [-0.05, 0) is 64.3 Å². The van der Waals surface area contributed by atoms with Crippen LogP contribution >= 0.6 is 27.5 Å². The van der Waals surface area contributed by atoms with Crippen molar-refractivity contribution < 1.29 is 8.78 Å². The predicted octanol–water partition coefficient (Wildman–Crippen LogP) is 5.27. The fourth-order valence-corrected chi connectivity index (χ4v) is 2.75. The Kier molecular flexibility index (Phi) is 5.73. The summed E-state index contributed by atoms with van der Waals surface area (Å²) in [6.45, 7) is 2.71. The average molecular weight is 375 g/mol. The van der Waals surface area contributed by atoms with Crippen molar-refractivity contribution in [3.63, 3.8) is 0 Å². The molecule has 0 spiro atoms. The van der Waals surface area contributed by atoms with Crippen LogP contribution in [0.15, 0.2) is 40.9 Å². The van der Waals surface area contributed by atoms with Gasteiger partial charge in [-0.2, -0.15) is 0 Å². The van der Waals surface area contributed by atoms with Gasteiger partial charge < -0.3 is 5.32 Å². The van der Waals surface area contributed by atoms with Crippen LogP contribution in [0.2, 0.25) is 5.02 Å². The highest BCUT2D eigenvalue weighted by atomic mass is 79.9. The molecule has 0 aliphatic rings. The van der Waals surface area contributed by atoms with Gasteiger partial charge in [-0.3, -0.25) is 0 Å². The number of likely N-dealkylation sites (N-methyl/N-ethyl adjacent to an activating group) is 1. The molecule has 112 valence electrons. The molecule has 1 nitrogen and oxygen atoms in total. The van der Waals surface area contributed by atoms with Crippen molar-refractivity contribution in [3.05, 3.63) is 68.7 Å². The maximum Gasteiger partial charge on any atom is 0.137 e. The number of hydrogen-bond acceptors (Lipinski definition) is 1. The lowest BCUT2D eigenvalue weighted by atomic mass is 9.98. The first-order valence-electron chi connectivity index (χ1n) is 6.63. The van der Waals surface area contributed by atoms with Crippen LogP contribution in [-0.2, 0) is 6.42 Å². The summed E-state index contributed by atoms with van der Waals surface area (Å²) in [7, 11) is 0. The average Bonchev–Trinajstić information content (AvgIpc) is 2.44. The number of halogens is 4. The maximum atomic E-state index is 13.9. The van der Waals surface area contributed by atoms with Crippen LogP contribution in [0.1, 0.15) is 24.1 Å². The zero-order chi connectivity index (χ0) is 15.4. The third kappa shape index (κ3) is 4.25. The van der Waals surface area contributed by atoms with Crippen molar-refractivity contribution in [3.8, 4) is 0 Å². The van der Waals surface area contributed by atoms with Gasteiger partial charge >= 0.3 is 0 Å². The van der Waals surface area contributed by atoms with E-state index in [2.05, 4.69) is 21.2 Å². The van der Waals surface area contributed by atoms with E-state index in [0.717, 1.165) is 12.1 Å². The van der Waals surface area contributed by atoms with E-state index < -0.39 is 0 Å². The molecule has 0 aliphatic heterocycles. The second kappa shape index (κ2) is 7.34. The summed E-state index contributed by atoms with van der Waals surface area (Å²) in [6, 6.07) is 9.40. The third-order valence-corrected chi connectivity index (χ3v) is 4.08. The molecule has 0 heterocycles. The third-order valence-electron chi connectivity index (χ3n) is 3.24. The second-order valence-corrected chi connectivity index (χ2v) is 6.01. The molecule has 1 N–H and O–H groups in total. The molecule has 2 rings (SSSR count). The van der Waals surface area contributed by atoms with E-state index in [4.69, 9.17) is 11.6 Å². The highest BCUT2D eigenvalue weighted by Crippen LogP contribution is 2.25. The largest absolute Gasteiger partial charge is 0.310 e. The topological polar surface area (TPSA) is 12.0 Å². The minimum atomic E-state index is -0.327. The Hall–Kier alpha value is -0.970. The molecular weight excluding hydrogens is 360 g/mol. The Labute approximate surface area is 136 Å². The quantitative estimate of drug-likeness (QED) is 0.751. The summed E-state index contributed by atoms with van der Waals surface area (Å²) < 4.78 is 27.7. The Morgan fingerprint density at radius 1 is 1.14 bits per heavy atom. The number of nitrogens with one attached hydrogen (secondary N) is 1. The van der Waals surface area contributed by atoms with E-state index in [9.17, 15) is 8.78 Å². The first-order chi connectivity index (χ1) is 10.0. The van der Waals surface area contributed by atoms with Gasteiger partial charge in [0.25, 0.3) is 0 Å². The molecule has 0 aliphatic carbocycles. The summed E-state index contributed by atoms with van der Waals surface area (Å²) in [5.41, 5.74) is 1.48. The molecule has 1 atom stereocenters. The lowest BCUT2D eigenvalue weighted by molar-refractivity contribution is 0.526. The summed E-state index contributed by atoms with van der Waals surface area (Å²) in [4.78, 5) is 0. The zero-order valence-corrected chi connectivity index (χ0v) is 13.8. The minimum Gasteiger partial charge on any atom is -0.310 e. The van der Waals surface area contributed by atoms with E-state index in [0.29, 0.717) is 21.5 Å². The monoisotopic (exact) mass is 373 g/mol. The standard InChI is InChI=1S/C16H15BrClF2N/c1-2-21-16(11-4-6-14(19)13(17)7-11)8-10-3-5-12(18)9-15(10)20/h3-7,9,16,21H,2,8H2,1H3. The van der Waals surface area contributed by atoms with E-state index in [1.54, 1.807) is 24.3 Å². The van der Waals surface area contributed by atoms with Crippen LogP contribution in [0.4, 0.5) is 8.78 Å². The number of hydrogen-bond donors (Lipinski definition) is 1. The molecule has 5 heteroatoms. The summed E-state index contributed by atoms with van der Waals surface area (Å²) in [5, 5.41) is 3.67. The van der Waals surface area contributed by atoms with E-state index >= 15 is 0 Å². The molecule has 2 aromatic carbocycles. The first kappa shape index (κ1) is 16.4. The highest BCUT2D eigenvalue weighted by molar-refractivity contribution is 9.10. The summed E-state index contributed by atoms with van der Waals surface area (Å²) in [5.74, 6) is -0.641. The maximum absolute atomic E-state index is 13.9. The molecule has 0 saturated carbocycles. The van der Waals surface area contributed by atoms with Crippen LogP contribution in [0, 0.1) is 11.6 Å². The fourth-order valence-electron chi connectivity index (χ4n) is 2.19. The van der Waals surface area contributed by atoms with Crippen molar-refractivity contribution >= 4 is 27.5 Å². The molecule has 0 radical (unpaired) electrons. The first-order valence-corrected chi connectivity index (χ1v) is 7.80. The second-order valence-electron chi connectivity index (χ2n) is 4.72. The van der Waals surface area contributed by atoms with Gasteiger partial charge in [0.15, 0.2) is 0 Å². The van der Waals surface area contributed by atoms with Crippen molar-refractivity contribution in [1.82, 2.24) is 5.32 Å². The van der Waals surface area contributed by atoms with Crippen LogP contribution in [0.5, 0.6) is 0 Å². The van der Waals surface area contributed by atoms with Crippen molar-refractivity contribution in [1.29, 1.82) is 0 Å². The van der Waals surface area contributed by atoms with Gasteiger partial charge in [-0.25, -0.2) is 8.78 Å².